The molecule has 37 heavy (non-hydrogen) atoms. The number of hydrogen-bond donors (Lipinski definition) is 4. The molecule has 1 saturated carbocycles. The number of carbonyl (C=O) groups is 1. The second-order valence-corrected chi connectivity index (χ2v) is 10.1. The van der Waals surface area contributed by atoms with Gasteiger partial charge in [0.1, 0.15) is 5.52 Å². The lowest BCUT2D eigenvalue weighted by atomic mass is 9.83. The summed E-state index contributed by atoms with van der Waals surface area (Å²) in [6, 6.07) is 6.76. The van der Waals surface area contributed by atoms with Gasteiger partial charge in [0.15, 0.2) is 11.5 Å². The number of hydrogen-bond acceptors (Lipinski definition) is 8. The molecule has 10 nitrogen and oxygen atoms in total. The first-order valence-electron chi connectivity index (χ1n) is 13.5. The number of benzene rings is 1. The predicted octanol–water partition coefficient (Wildman–Crippen LogP) is 4.13. The number of amides is 1. The fraction of sp³-hybridized carbons (Fsp3) is 0.556. The number of anilines is 4. The minimum atomic E-state index is 0.163. The first-order chi connectivity index (χ1) is 18.1. The number of rotatable bonds is 9. The first-order valence-corrected chi connectivity index (χ1v) is 13.5. The molecule has 5 rings (SSSR count). The third kappa shape index (κ3) is 6.30. The Morgan fingerprint density at radius 1 is 1.16 bits per heavy atom. The second-order valence-electron chi connectivity index (χ2n) is 10.1. The third-order valence-electron chi connectivity index (χ3n) is 7.46. The Balaban J connectivity index is 1.23. The number of nitrogens with one attached hydrogen (secondary N) is 4. The summed E-state index contributed by atoms with van der Waals surface area (Å²) in [5.41, 5.74) is 4.78. The lowest BCUT2D eigenvalue weighted by molar-refractivity contribution is -0.121. The highest BCUT2D eigenvalue weighted by Crippen LogP contribution is 2.31. The van der Waals surface area contributed by atoms with Gasteiger partial charge < -0.3 is 30.6 Å². The number of imidazole rings is 1. The maximum Gasteiger partial charge on any atom is 0.231 e. The molecule has 4 N–H and O–H groups in total. The fourth-order valence-corrected chi connectivity index (χ4v) is 5.33. The van der Waals surface area contributed by atoms with E-state index in [0.29, 0.717) is 36.5 Å². The molecule has 3 aromatic rings. The average molecular weight is 507 g/mol. The van der Waals surface area contributed by atoms with Gasteiger partial charge in [-0.05, 0) is 75.6 Å². The van der Waals surface area contributed by atoms with Gasteiger partial charge in [-0.2, -0.15) is 9.97 Å². The van der Waals surface area contributed by atoms with E-state index in [-0.39, 0.29) is 5.91 Å². The van der Waals surface area contributed by atoms with Crippen molar-refractivity contribution in [1.29, 1.82) is 0 Å². The zero-order valence-electron chi connectivity index (χ0n) is 21.8. The van der Waals surface area contributed by atoms with Gasteiger partial charge in [0.2, 0.25) is 11.9 Å². The van der Waals surface area contributed by atoms with E-state index in [2.05, 4.69) is 60.9 Å². The van der Waals surface area contributed by atoms with Crippen LogP contribution in [0.5, 0.6) is 0 Å². The molecule has 198 valence electrons. The number of aromatic nitrogens is 4. The lowest BCUT2D eigenvalue weighted by Gasteiger charge is -2.29. The summed E-state index contributed by atoms with van der Waals surface area (Å²) < 4.78 is 5.48. The molecule has 2 aliphatic rings. The van der Waals surface area contributed by atoms with Crippen LogP contribution in [0.1, 0.15) is 51.0 Å². The lowest BCUT2D eigenvalue weighted by Crippen LogP contribution is -2.36. The summed E-state index contributed by atoms with van der Waals surface area (Å²) in [5.74, 6) is 2.08. The zero-order chi connectivity index (χ0) is 25.6. The van der Waals surface area contributed by atoms with E-state index in [1.165, 1.54) is 5.69 Å². The molecule has 0 spiro atoms. The van der Waals surface area contributed by atoms with Crippen LogP contribution in [0, 0.1) is 12.8 Å². The van der Waals surface area contributed by atoms with Crippen molar-refractivity contribution >= 4 is 40.2 Å². The van der Waals surface area contributed by atoms with Crippen LogP contribution in [0.3, 0.4) is 0 Å². The number of fused-ring (bicyclic) bond motifs is 1. The molecular weight excluding hydrogens is 468 g/mol. The van der Waals surface area contributed by atoms with Crippen LogP contribution in [0.4, 0.5) is 23.1 Å². The summed E-state index contributed by atoms with van der Waals surface area (Å²) in [7, 11) is 0. The predicted molar refractivity (Wildman–Crippen MR) is 146 cm³/mol. The molecule has 0 bridgehead atoms. The highest BCUT2D eigenvalue weighted by Gasteiger charge is 2.23. The summed E-state index contributed by atoms with van der Waals surface area (Å²) in [6.45, 7) is 8.12. The maximum atomic E-state index is 11.8. The van der Waals surface area contributed by atoms with E-state index in [9.17, 15) is 4.79 Å². The van der Waals surface area contributed by atoms with Crippen LogP contribution in [-0.4, -0.2) is 64.7 Å². The number of H-pyrrole nitrogens is 1. The highest BCUT2D eigenvalue weighted by molar-refractivity contribution is 5.84. The molecule has 0 radical (unpaired) electrons. The zero-order valence-corrected chi connectivity index (χ0v) is 21.8. The Labute approximate surface area is 218 Å². The van der Waals surface area contributed by atoms with Gasteiger partial charge in [-0.1, -0.05) is 0 Å². The Morgan fingerprint density at radius 3 is 2.73 bits per heavy atom. The van der Waals surface area contributed by atoms with Gasteiger partial charge >= 0.3 is 0 Å². The minimum absolute atomic E-state index is 0.163. The SMILES string of the molecule is CCNC(=O)CCC1CCC(Nc2nc(Nc3ccc(N4CCOCC4)cc3C)nc3nc[nH]c23)CC1. The van der Waals surface area contributed by atoms with Crippen LogP contribution in [0.2, 0.25) is 0 Å². The Bertz CT molecular complexity index is 1200. The molecule has 0 unspecified atom stereocenters. The van der Waals surface area contributed by atoms with Crippen LogP contribution < -0.4 is 20.9 Å². The molecule has 1 aliphatic carbocycles. The number of aromatic amines is 1. The largest absolute Gasteiger partial charge is 0.378 e. The molecule has 3 heterocycles. The van der Waals surface area contributed by atoms with E-state index >= 15 is 0 Å². The Morgan fingerprint density at radius 2 is 1.97 bits per heavy atom. The molecule has 10 heteroatoms. The molecular formula is C27H38N8O2. The quantitative estimate of drug-likeness (QED) is 0.342. The van der Waals surface area contributed by atoms with E-state index in [1.807, 2.05) is 6.92 Å². The van der Waals surface area contributed by atoms with Crippen LogP contribution >= 0.6 is 0 Å². The van der Waals surface area contributed by atoms with Gasteiger partial charge in [-0.3, -0.25) is 4.79 Å². The molecule has 2 aromatic heterocycles. The van der Waals surface area contributed by atoms with E-state index in [1.54, 1.807) is 6.33 Å². The summed E-state index contributed by atoms with van der Waals surface area (Å²) in [6.07, 6.45) is 7.61. The second kappa shape index (κ2) is 11.8. The van der Waals surface area contributed by atoms with E-state index in [4.69, 9.17) is 9.72 Å². The summed E-state index contributed by atoms with van der Waals surface area (Å²) >= 11 is 0. The Hall–Kier alpha value is -3.40. The molecule has 2 fully saturated rings. The van der Waals surface area contributed by atoms with Gasteiger partial charge in [0.25, 0.3) is 0 Å². The number of aryl methyl sites for hydroxylation is 1. The molecule has 1 aromatic carbocycles. The van der Waals surface area contributed by atoms with Crippen molar-refractivity contribution in [2.45, 2.75) is 58.4 Å². The van der Waals surface area contributed by atoms with Crippen molar-refractivity contribution in [3.63, 3.8) is 0 Å². The number of nitrogens with zero attached hydrogens (tertiary/aromatic N) is 4. The average Bonchev–Trinajstić information content (AvgIpc) is 3.39. The van der Waals surface area contributed by atoms with Crippen molar-refractivity contribution in [3.8, 4) is 0 Å². The van der Waals surface area contributed by atoms with Crippen LogP contribution in [0.25, 0.3) is 11.2 Å². The van der Waals surface area contributed by atoms with Crippen molar-refractivity contribution in [3.05, 3.63) is 30.1 Å². The molecule has 0 atom stereocenters. The number of ether oxygens (including phenoxy) is 1. The summed E-state index contributed by atoms with van der Waals surface area (Å²) in [4.78, 5) is 31.2. The third-order valence-corrected chi connectivity index (χ3v) is 7.46. The van der Waals surface area contributed by atoms with Crippen molar-refractivity contribution in [2.75, 3.05) is 48.4 Å². The summed E-state index contributed by atoms with van der Waals surface area (Å²) in [5, 5.41) is 9.96. The van der Waals surface area contributed by atoms with Gasteiger partial charge in [0.05, 0.1) is 19.5 Å². The highest BCUT2D eigenvalue weighted by atomic mass is 16.5. The smallest absolute Gasteiger partial charge is 0.231 e. The van der Waals surface area contributed by atoms with Gasteiger partial charge in [0, 0.05) is 43.5 Å². The normalized spacial score (nSPS) is 20.1. The van der Waals surface area contributed by atoms with E-state index < -0.39 is 0 Å². The van der Waals surface area contributed by atoms with E-state index in [0.717, 1.165) is 81.0 Å². The molecule has 1 saturated heterocycles. The Kier molecular flexibility index (Phi) is 8.03. The van der Waals surface area contributed by atoms with Crippen molar-refractivity contribution in [1.82, 2.24) is 25.3 Å². The number of carbonyl (C=O) groups excluding carboxylic acids is 1. The monoisotopic (exact) mass is 506 g/mol. The first kappa shape index (κ1) is 25.3. The molecule has 1 amide bonds. The molecule has 1 aliphatic heterocycles. The minimum Gasteiger partial charge on any atom is -0.378 e. The standard InChI is InChI=1S/C27H38N8O2/c1-3-28-23(36)11-6-19-4-7-20(8-5-19)31-26-24-25(30-17-29-24)33-27(34-26)32-22-10-9-21(16-18(22)2)35-12-14-37-15-13-35/h9-10,16-17,19-20H,3-8,11-15H2,1-2H3,(H,28,36)(H3,29,30,31,32,33,34). The van der Waals surface area contributed by atoms with Crippen molar-refractivity contribution in [2.24, 2.45) is 5.92 Å². The fourth-order valence-electron chi connectivity index (χ4n) is 5.33. The van der Waals surface area contributed by atoms with Crippen molar-refractivity contribution < 1.29 is 9.53 Å². The maximum absolute atomic E-state index is 11.8. The topological polar surface area (TPSA) is 120 Å². The van der Waals surface area contributed by atoms with Gasteiger partial charge in [-0.25, -0.2) is 4.98 Å². The number of morpholine rings is 1. The van der Waals surface area contributed by atoms with Crippen LogP contribution in [0.15, 0.2) is 24.5 Å². The van der Waals surface area contributed by atoms with Gasteiger partial charge in [-0.15, -0.1) is 0 Å². The van der Waals surface area contributed by atoms with Crippen LogP contribution in [-0.2, 0) is 9.53 Å².